The number of carbonyl (C=O) groups is 2. The highest BCUT2D eigenvalue weighted by Crippen LogP contribution is 2.24. The maximum absolute atomic E-state index is 12.4. The standard InChI is InChI=1S/C17H24N2O2/c1-4-12(3)19-11-14(10-16(19)20)17(21)18-15-9-7-6-8-13(15)5-2/h6-9,12,14H,4-5,10-11H2,1-3H3,(H,18,21). The molecule has 1 fully saturated rings. The molecule has 0 saturated carbocycles. The van der Waals surface area contributed by atoms with Gasteiger partial charge >= 0.3 is 0 Å². The van der Waals surface area contributed by atoms with Crippen molar-refractivity contribution in [2.24, 2.45) is 5.92 Å². The predicted molar refractivity (Wildman–Crippen MR) is 84.0 cm³/mol. The molecule has 1 N–H and O–H groups in total. The summed E-state index contributed by atoms with van der Waals surface area (Å²) in [6.07, 6.45) is 2.11. The monoisotopic (exact) mass is 288 g/mol. The molecule has 1 aromatic carbocycles. The van der Waals surface area contributed by atoms with Crippen LogP contribution in [0.25, 0.3) is 0 Å². The number of benzene rings is 1. The first-order valence-corrected chi connectivity index (χ1v) is 7.75. The molecule has 2 atom stereocenters. The predicted octanol–water partition coefficient (Wildman–Crippen LogP) is 2.83. The fraction of sp³-hybridized carbons (Fsp3) is 0.529. The quantitative estimate of drug-likeness (QED) is 0.905. The number of rotatable bonds is 5. The topological polar surface area (TPSA) is 49.4 Å². The molecule has 1 aliphatic heterocycles. The van der Waals surface area contributed by atoms with E-state index in [4.69, 9.17) is 0 Å². The Morgan fingerprint density at radius 3 is 2.76 bits per heavy atom. The van der Waals surface area contributed by atoms with E-state index in [1.54, 1.807) is 0 Å². The molecule has 2 amide bonds. The van der Waals surface area contributed by atoms with Gasteiger partial charge in [0.1, 0.15) is 0 Å². The van der Waals surface area contributed by atoms with Crippen molar-refractivity contribution in [1.29, 1.82) is 0 Å². The summed E-state index contributed by atoms with van der Waals surface area (Å²) in [6, 6.07) is 8.03. The van der Waals surface area contributed by atoms with Gasteiger partial charge in [-0.1, -0.05) is 32.0 Å². The summed E-state index contributed by atoms with van der Waals surface area (Å²) < 4.78 is 0. The van der Waals surface area contributed by atoms with Gasteiger partial charge in [0.2, 0.25) is 11.8 Å². The molecule has 0 aliphatic carbocycles. The van der Waals surface area contributed by atoms with Crippen LogP contribution in [-0.4, -0.2) is 29.3 Å². The van der Waals surface area contributed by atoms with Crippen LogP contribution >= 0.6 is 0 Å². The van der Waals surface area contributed by atoms with Gasteiger partial charge in [0.05, 0.1) is 5.92 Å². The minimum atomic E-state index is -0.239. The molecule has 0 radical (unpaired) electrons. The van der Waals surface area contributed by atoms with Gasteiger partial charge in [-0.25, -0.2) is 0 Å². The molecule has 0 aromatic heterocycles. The summed E-state index contributed by atoms with van der Waals surface area (Å²) in [6.45, 7) is 6.69. The second-order valence-corrected chi connectivity index (χ2v) is 5.70. The lowest BCUT2D eigenvalue weighted by Gasteiger charge is -2.23. The molecule has 4 heteroatoms. The second kappa shape index (κ2) is 6.74. The number of nitrogens with one attached hydrogen (secondary N) is 1. The third-order valence-corrected chi connectivity index (χ3v) is 4.31. The smallest absolute Gasteiger partial charge is 0.229 e. The number of amides is 2. The Bertz CT molecular complexity index is 527. The maximum atomic E-state index is 12.4. The molecule has 1 aliphatic rings. The minimum absolute atomic E-state index is 0.0462. The summed E-state index contributed by atoms with van der Waals surface area (Å²) in [4.78, 5) is 26.2. The molecule has 1 heterocycles. The summed E-state index contributed by atoms with van der Waals surface area (Å²) in [7, 11) is 0. The van der Waals surface area contributed by atoms with Gasteiger partial charge in [0.15, 0.2) is 0 Å². The number of para-hydroxylation sites is 1. The summed E-state index contributed by atoms with van der Waals surface area (Å²) in [5.74, 6) is -0.195. The Morgan fingerprint density at radius 1 is 1.38 bits per heavy atom. The molecule has 2 unspecified atom stereocenters. The van der Waals surface area contributed by atoms with E-state index in [1.165, 1.54) is 0 Å². The van der Waals surface area contributed by atoms with Crippen molar-refractivity contribution in [2.45, 2.75) is 46.1 Å². The third-order valence-electron chi connectivity index (χ3n) is 4.31. The van der Waals surface area contributed by atoms with Crippen LogP contribution < -0.4 is 5.32 Å². The molecule has 0 spiro atoms. The van der Waals surface area contributed by atoms with Crippen molar-refractivity contribution in [3.05, 3.63) is 29.8 Å². The van der Waals surface area contributed by atoms with E-state index >= 15 is 0 Å². The Balaban J connectivity index is 2.03. The highest BCUT2D eigenvalue weighted by atomic mass is 16.2. The first-order valence-electron chi connectivity index (χ1n) is 7.75. The summed E-state index contributed by atoms with van der Waals surface area (Å²) >= 11 is 0. The summed E-state index contributed by atoms with van der Waals surface area (Å²) in [5.41, 5.74) is 1.98. The van der Waals surface area contributed by atoms with E-state index in [0.717, 1.165) is 24.1 Å². The average molecular weight is 288 g/mol. The fourth-order valence-corrected chi connectivity index (χ4v) is 2.74. The number of carbonyl (C=O) groups excluding carboxylic acids is 2. The van der Waals surface area contributed by atoms with Gasteiger partial charge in [0, 0.05) is 24.7 Å². The van der Waals surface area contributed by atoms with Gasteiger partial charge in [0.25, 0.3) is 0 Å². The molecular formula is C17H24N2O2. The van der Waals surface area contributed by atoms with Gasteiger partial charge in [-0.05, 0) is 31.4 Å². The number of aryl methyl sites for hydroxylation is 1. The fourth-order valence-electron chi connectivity index (χ4n) is 2.74. The Morgan fingerprint density at radius 2 is 2.10 bits per heavy atom. The van der Waals surface area contributed by atoms with Crippen molar-refractivity contribution in [1.82, 2.24) is 4.90 Å². The van der Waals surface area contributed by atoms with Crippen LogP contribution in [0.1, 0.15) is 39.2 Å². The van der Waals surface area contributed by atoms with Crippen LogP contribution in [0.5, 0.6) is 0 Å². The molecule has 114 valence electrons. The van der Waals surface area contributed by atoms with Crippen LogP contribution in [0.4, 0.5) is 5.69 Å². The van der Waals surface area contributed by atoms with Gasteiger partial charge in [-0.15, -0.1) is 0 Å². The van der Waals surface area contributed by atoms with E-state index in [2.05, 4.69) is 19.2 Å². The van der Waals surface area contributed by atoms with Crippen LogP contribution in [-0.2, 0) is 16.0 Å². The van der Waals surface area contributed by atoms with Gasteiger partial charge < -0.3 is 10.2 Å². The molecule has 21 heavy (non-hydrogen) atoms. The molecular weight excluding hydrogens is 264 g/mol. The lowest BCUT2D eigenvalue weighted by molar-refractivity contribution is -0.129. The summed E-state index contributed by atoms with van der Waals surface area (Å²) in [5, 5.41) is 2.98. The van der Waals surface area contributed by atoms with Crippen molar-refractivity contribution >= 4 is 17.5 Å². The van der Waals surface area contributed by atoms with Crippen LogP contribution in [0.2, 0.25) is 0 Å². The lowest BCUT2D eigenvalue weighted by Crippen LogP contribution is -2.35. The highest BCUT2D eigenvalue weighted by molar-refractivity contribution is 5.97. The van der Waals surface area contributed by atoms with Crippen molar-refractivity contribution in [3.63, 3.8) is 0 Å². The average Bonchev–Trinajstić information content (AvgIpc) is 2.89. The number of hydrogen-bond acceptors (Lipinski definition) is 2. The van der Waals surface area contributed by atoms with E-state index < -0.39 is 0 Å². The molecule has 1 aromatic rings. The zero-order chi connectivity index (χ0) is 15.4. The number of hydrogen-bond donors (Lipinski definition) is 1. The zero-order valence-corrected chi connectivity index (χ0v) is 13.1. The molecule has 1 saturated heterocycles. The molecule has 2 rings (SSSR count). The van der Waals surface area contributed by atoms with Gasteiger partial charge in [-0.2, -0.15) is 0 Å². The van der Waals surface area contributed by atoms with Crippen molar-refractivity contribution in [2.75, 3.05) is 11.9 Å². The number of nitrogens with zero attached hydrogens (tertiary/aromatic N) is 1. The van der Waals surface area contributed by atoms with E-state index in [9.17, 15) is 9.59 Å². The van der Waals surface area contributed by atoms with E-state index in [-0.39, 0.29) is 23.8 Å². The van der Waals surface area contributed by atoms with Crippen LogP contribution in [0, 0.1) is 5.92 Å². The van der Waals surface area contributed by atoms with Crippen LogP contribution in [0.15, 0.2) is 24.3 Å². The van der Waals surface area contributed by atoms with E-state index in [0.29, 0.717) is 13.0 Å². The Labute approximate surface area is 126 Å². The zero-order valence-electron chi connectivity index (χ0n) is 13.1. The highest BCUT2D eigenvalue weighted by Gasteiger charge is 2.36. The normalized spacial score (nSPS) is 19.7. The lowest BCUT2D eigenvalue weighted by atomic mass is 10.1. The first-order chi connectivity index (χ1) is 10.1. The van der Waals surface area contributed by atoms with Crippen LogP contribution in [0.3, 0.4) is 0 Å². The largest absolute Gasteiger partial charge is 0.339 e. The number of likely N-dealkylation sites (tertiary alicyclic amines) is 1. The second-order valence-electron chi connectivity index (χ2n) is 5.70. The van der Waals surface area contributed by atoms with E-state index in [1.807, 2.05) is 36.1 Å². The minimum Gasteiger partial charge on any atom is -0.339 e. The van der Waals surface area contributed by atoms with Gasteiger partial charge in [-0.3, -0.25) is 9.59 Å². The molecule has 4 nitrogen and oxygen atoms in total. The Hall–Kier alpha value is -1.84. The molecule has 0 bridgehead atoms. The third kappa shape index (κ3) is 3.43. The first kappa shape index (κ1) is 15.5. The van der Waals surface area contributed by atoms with Crippen molar-refractivity contribution < 1.29 is 9.59 Å². The maximum Gasteiger partial charge on any atom is 0.229 e. The Kier molecular flexibility index (Phi) is 4.99. The number of anilines is 1. The van der Waals surface area contributed by atoms with Crippen molar-refractivity contribution in [3.8, 4) is 0 Å². The SMILES string of the molecule is CCc1ccccc1NC(=O)C1CC(=O)N(C(C)CC)C1.